The zero-order valence-electron chi connectivity index (χ0n) is 25.8. The second kappa shape index (κ2) is 6.07. The lowest BCUT2D eigenvalue weighted by Gasteiger charge is -2.25. The molecule has 0 saturated carbocycles. The van der Waals surface area contributed by atoms with Gasteiger partial charge in [-0.25, -0.2) is 0 Å². The van der Waals surface area contributed by atoms with Crippen molar-refractivity contribution in [2.45, 2.75) is 20.6 Å². The molecule has 1 nitrogen and oxygen atoms in total. The normalized spacial score (nSPS) is 20.8. The molecule has 1 heteroatoms. The summed E-state index contributed by atoms with van der Waals surface area (Å²) in [4.78, 5) is 0.966. The zero-order valence-corrected chi connectivity index (χ0v) is 11.8. The summed E-state index contributed by atoms with van der Waals surface area (Å²) in [5.74, 6) is 0. The summed E-state index contributed by atoms with van der Waals surface area (Å²) in [5, 5.41) is 0. The fourth-order valence-electron chi connectivity index (χ4n) is 1.90. The fraction of sp³-hybridized carbons (Fsp3) is 0.143. The molecule has 0 radical (unpaired) electrons. The molecule has 0 spiro atoms. The Bertz CT molecular complexity index is 1200. The lowest BCUT2D eigenvalue weighted by atomic mass is 10.2. The second-order valence-electron chi connectivity index (χ2n) is 4.62. The monoisotopic (exact) mass is 302 g/mol. The standard InChI is InChI=1S/C21H21N/c1-16-4-10-19(11-5-16)22(20-12-6-17(2)7-13-20)21-14-8-18(3)9-15-21/h4-15H,1-3H3/i1D3,2D3,4D,5D,6D,7D,10D,11D,12D,13D,22+1. The van der Waals surface area contributed by atoms with Crippen LogP contribution >= 0.6 is 0 Å². The summed E-state index contributed by atoms with van der Waals surface area (Å²) >= 11 is 0. The van der Waals surface area contributed by atoms with Gasteiger partial charge in [-0.05, 0) is 56.9 Å². The Hall–Kier alpha value is -2.54. The van der Waals surface area contributed by atoms with Crippen LogP contribution in [0.5, 0.6) is 0 Å². The molecule has 3 aromatic carbocycles. The summed E-state index contributed by atoms with van der Waals surface area (Å²) < 4.78 is 113. The number of aryl methyl sites for hydroxylation is 1. The van der Waals surface area contributed by atoms with Crippen LogP contribution in [0, 0.1) is 20.6 Å². The molecule has 0 heterocycles. The predicted molar refractivity (Wildman–Crippen MR) is 95.3 cm³/mol. The van der Waals surface area contributed by atoms with Crippen LogP contribution in [-0.2, 0) is 0 Å². The number of hydrogen-bond donors (Lipinski definition) is 0. The van der Waals surface area contributed by atoms with Gasteiger partial charge in [0, 0.05) is 25.3 Å². The van der Waals surface area contributed by atoms with Gasteiger partial charge in [0.15, 0.2) is 0 Å². The Morgan fingerprint density at radius 3 is 1.50 bits per heavy atom. The molecule has 0 bridgehead atoms. The van der Waals surface area contributed by atoms with Crippen molar-refractivity contribution in [3.63, 3.8) is 0 Å². The molecule has 0 aliphatic rings. The van der Waals surface area contributed by atoms with Crippen molar-refractivity contribution in [3.05, 3.63) is 89.3 Å². The average molecular weight is 302 g/mol. The molecule has 0 aliphatic carbocycles. The van der Waals surface area contributed by atoms with E-state index in [1.54, 1.807) is 19.1 Å². The Kier molecular flexibility index (Phi) is 1.45. The molecule has 0 unspecified atom stereocenters. The third kappa shape index (κ3) is 3.04. The Morgan fingerprint density at radius 2 is 1.09 bits per heavy atom. The van der Waals surface area contributed by atoms with Crippen LogP contribution in [-0.4, -0.2) is 0 Å². The minimum Gasteiger partial charge on any atom is -0.311 e. The zero-order chi connectivity index (χ0) is 27.5. The smallest absolute Gasteiger partial charge is 0.0645 e. The highest BCUT2D eigenvalue weighted by Gasteiger charge is 2.11. The lowest BCUT2D eigenvalue weighted by Crippen LogP contribution is -2.09. The molecule has 0 fully saturated rings. The van der Waals surface area contributed by atoms with Crippen LogP contribution in [0.1, 0.15) is 35.9 Å². The molecular weight excluding hydrogens is 267 g/mol. The van der Waals surface area contributed by atoms with Crippen LogP contribution in [0.3, 0.4) is 0 Å². The number of benzene rings is 3. The topological polar surface area (TPSA) is 3.24 Å². The molecule has 0 aromatic heterocycles. The van der Waals surface area contributed by atoms with Crippen molar-refractivity contribution in [3.8, 4) is 0 Å². The van der Waals surface area contributed by atoms with Crippen molar-refractivity contribution >= 4 is 17.1 Å². The second-order valence-corrected chi connectivity index (χ2v) is 4.62. The van der Waals surface area contributed by atoms with E-state index in [9.17, 15) is 0 Å². The summed E-state index contributed by atoms with van der Waals surface area (Å²) in [7, 11) is 0. The SMILES string of the molecule is [2H]c1c([2H])c(C([2H])([2H])[2H])c([2H])c([2H])c1[15N](c1ccc(C)cc1)c1c([2H])c([2H])c(C([2H])([2H])[2H])c([2H])c1[2H]. The van der Waals surface area contributed by atoms with E-state index >= 15 is 0 Å². The molecule has 0 saturated heterocycles. The van der Waals surface area contributed by atoms with E-state index in [1.807, 2.05) is 0 Å². The van der Waals surface area contributed by atoms with Gasteiger partial charge in [-0.2, -0.15) is 0 Å². The van der Waals surface area contributed by atoms with Crippen molar-refractivity contribution in [1.29, 1.82) is 0 Å². The van der Waals surface area contributed by atoms with Crippen LogP contribution in [0.25, 0.3) is 0 Å². The van der Waals surface area contributed by atoms with Gasteiger partial charge in [-0.1, -0.05) is 53.0 Å². The van der Waals surface area contributed by atoms with Gasteiger partial charge < -0.3 is 4.90 Å². The van der Waals surface area contributed by atoms with Gasteiger partial charge in [-0.3, -0.25) is 0 Å². The largest absolute Gasteiger partial charge is 0.311 e. The number of rotatable bonds is 3. The van der Waals surface area contributed by atoms with Gasteiger partial charge in [0.1, 0.15) is 0 Å². The molecule has 110 valence electrons. The van der Waals surface area contributed by atoms with Gasteiger partial charge >= 0.3 is 0 Å². The van der Waals surface area contributed by atoms with E-state index < -0.39 is 84.5 Å². The van der Waals surface area contributed by atoms with Gasteiger partial charge in [-0.15, -0.1) is 0 Å². The maximum absolute atomic E-state index is 8.53. The maximum Gasteiger partial charge on any atom is 0.0645 e. The molecular formula is C21H21N. The van der Waals surface area contributed by atoms with Crippen LogP contribution in [0.15, 0.2) is 72.6 Å². The van der Waals surface area contributed by atoms with E-state index in [-0.39, 0.29) is 5.69 Å². The molecule has 22 heavy (non-hydrogen) atoms. The first-order valence-corrected chi connectivity index (χ1v) is 6.49. The fourth-order valence-corrected chi connectivity index (χ4v) is 1.90. The number of hydrogen-bond acceptors (Lipinski definition) is 1. The van der Waals surface area contributed by atoms with E-state index in [4.69, 9.17) is 19.2 Å². The summed E-state index contributed by atoms with van der Waals surface area (Å²) in [6.45, 7) is -4.15. The highest BCUT2D eigenvalue weighted by Crippen LogP contribution is 2.34. The van der Waals surface area contributed by atoms with Crippen LogP contribution in [0.2, 0.25) is 0 Å². The third-order valence-electron chi connectivity index (χ3n) is 2.96. The Labute approximate surface area is 152 Å². The van der Waals surface area contributed by atoms with E-state index in [0.29, 0.717) is 0 Å². The molecule has 3 aromatic rings. The average Bonchev–Trinajstić information content (AvgIpc) is 2.74. The third-order valence-corrected chi connectivity index (χ3v) is 2.96. The molecule has 0 atom stereocenters. The first-order chi connectivity index (χ1) is 16.4. The Balaban J connectivity index is 2.54. The Morgan fingerprint density at radius 1 is 0.636 bits per heavy atom. The summed E-state index contributed by atoms with van der Waals surface area (Å²) in [6, 6.07) is -0.278. The number of nitrogens with zero attached hydrogens (tertiary/aromatic N) is 1. The van der Waals surface area contributed by atoms with Crippen molar-refractivity contribution < 1.29 is 19.2 Å². The summed E-state index contributed by atoms with van der Waals surface area (Å²) in [5.41, 5.74) is -1.70. The minimum atomic E-state index is -2.96. The van der Waals surface area contributed by atoms with E-state index in [1.165, 1.54) is 12.1 Å². The molecule has 0 N–H and O–H groups in total. The number of anilines is 3. The predicted octanol–water partition coefficient (Wildman–Crippen LogP) is 6.08. The first-order valence-electron chi connectivity index (χ1n) is 13.5. The van der Waals surface area contributed by atoms with Crippen molar-refractivity contribution in [2.24, 2.45) is 0 Å². The van der Waals surface area contributed by atoms with Crippen LogP contribution < -0.4 is 4.90 Å². The molecule has 0 aliphatic heterocycles. The van der Waals surface area contributed by atoms with Crippen LogP contribution in [0.4, 0.5) is 17.1 Å². The maximum atomic E-state index is 8.53. The van der Waals surface area contributed by atoms with Gasteiger partial charge in [0.25, 0.3) is 0 Å². The van der Waals surface area contributed by atoms with E-state index in [0.717, 1.165) is 10.5 Å². The highest BCUT2D eigenvalue weighted by atomic mass is 15.9. The summed E-state index contributed by atoms with van der Waals surface area (Å²) in [6.07, 6.45) is 0. The minimum absolute atomic E-state index is 0.130. The highest BCUT2D eigenvalue weighted by molar-refractivity contribution is 5.76. The lowest BCUT2D eigenvalue weighted by molar-refractivity contribution is 1.26. The quantitative estimate of drug-likeness (QED) is 0.530. The van der Waals surface area contributed by atoms with Crippen molar-refractivity contribution in [1.82, 2.24) is 0 Å². The van der Waals surface area contributed by atoms with E-state index in [2.05, 4.69) is 0 Å². The first kappa shape index (κ1) is 5.27. The van der Waals surface area contributed by atoms with Crippen molar-refractivity contribution in [2.75, 3.05) is 4.90 Å². The molecule has 0 amide bonds. The van der Waals surface area contributed by atoms with Gasteiger partial charge in [0.05, 0.1) is 11.0 Å². The molecule has 3 rings (SSSR count). The van der Waals surface area contributed by atoms with Gasteiger partial charge in [0.2, 0.25) is 0 Å².